The normalized spacial score (nSPS) is 12.6. The lowest BCUT2D eigenvalue weighted by Crippen LogP contribution is -2.37. The number of nitrogens with zero attached hydrogens (tertiary/aromatic N) is 2. The van der Waals surface area contributed by atoms with Gasteiger partial charge in [0.2, 0.25) is 0 Å². The Bertz CT molecular complexity index is 568. The molecule has 0 aliphatic carbocycles. The number of hydrogen-bond acceptors (Lipinski definition) is 3. The monoisotopic (exact) mass is 312 g/mol. The number of hydrogen-bond donors (Lipinski definition) is 2. The van der Waals surface area contributed by atoms with Crippen molar-refractivity contribution < 1.29 is 0 Å². The van der Waals surface area contributed by atoms with Crippen LogP contribution in [0.15, 0.2) is 30.6 Å². The molecule has 108 valence electrons. The van der Waals surface area contributed by atoms with Gasteiger partial charge in [-0.2, -0.15) is 0 Å². The second-order valence-electron chi connectivity index (χ2n) is 4.81. The molecule has 0 saturated heterocycles. The minimum absolute atomic E-state index is 0.170. The van der Waals surface area contributed by atoms with E-state index in [-0.39, 0.29) is 6.04 Å². The molecule has 1 aromatic heterocycles. The van der Waals surface area contributed by atoms with Gasteiger partial charge >= 0.3 is 0 Å². The predicted octanol–water partition coefficient (Wildman–Crippen LogP) is 2.73. The average molecular weight is 313 g/mol. The van der Waals surface area contributed by atoms with Gasteiger partial charge in [-0.3, -0.25) is 11.3 Å². The summed E-state index contributed by atoms with van der Waals surface area (Å²) in [6, 6.07) is 5.84. The zero-order valence-electron chi connectivity index (χ0n) is 11.3. The molecule has 0 aliphatic heterocycles. The lowest BCUT2D eigenvalue weighted by molar-refractivity contribution is 0.483. The highest BCUT2D eigenvalue weighted by molar-refractivity contribution is 6.42. The number of imidazole rings is 1. The summed E-state index contributed by atoms with van der Waals surface area (Å²) in [6.07, 6.45) is 6.33. The van der Waals surface area contributed by atoms with Gasteiger partial charge in [0.1, 0.15) is 5.82 Å². The van der Waals surface area contributed by atoms with Crippen LogP contribution in [-0.2, 0) is 19.9 Å². The Balaban J connectivity index is 1.95. The highest BCUT2D eigenvalue weighted by Gasteiger charge is 2.11. The van der Waals surface area contributed by atoms with Crippen molar-refractivity contribution in [3.63, 3.8) is 0 Å². The van der Waals surface area contributed by atoms with Gasteiger partial charge < -0.3 is 4.57 Å². The lowest BCUT2D eigenvalue weighted by Gasteiger charge is -2.16. The van der Waals surface area contributed by atoms with E-state index in [1.165, 1.54) is 0 Å². The first-order valence-corrected chi connectivity index (χ1v) is 7.22. The Morgan fingerprint density at radius 1 is 1.35 bits per heavy atom. The zero-order chi connectivity index (χ0) is 14.5. The lowest BCUT2D eigenvalue weighted by atomic mass is 10.0. The van der Waals surface area contributed by atoms with Crippen LogP contribution < -0.4 is 11.3 Å². The molecule has 1 unspecified atom stereocenters. The smallest absolute Gasteiger partial charge is 0.108 e. The molecule has 1 heterocycles. The fourth-order valence-corrected chi connectivity index (χ4v) is 2.46. The molecule has 0 fully saturated rings. The SMILES string of the molecule is Cn1ccnc1CCC(Cc1ccc(Cl)c(Cl)c1)NN. The van der Waals surface area contributed by atoms with Crippen molar-refractivity contribution in [3.8, 4) is 0 Å². The van der Waals surface area contributed by atoms with Crippen LogP contribution in [0.2, 0.25) is 10.0 Å². The van der Waals surface area contributed by atoms with Gasteiger partial charge in [0.05, 0.1) is 10.0 Å². The van der Waals surface area contributed by atoms with Crippen LogP contribution in [-0.4, -0.2) is 15.6 Å². The van der Waals surface area contributed by atoms with Crippen molar-refractivity contribution in [2.75, 3.05) is 0 Å². The number of benzene rings is 1. The van der Waals surface area contributed by atoms with Crippen LogP contribution in [0.25, 0.3) is 0 Å². The van der Waals surface area contributed by atoms with Gasteiger partial charge in [-0.15, -0.1) is 0 Å². The van der Waals surface area contributed by atoms with E-state index in [0.717, 1.165) is 30.7 Å². The predicted molar refractivity (Wildman–Crippen MR) is 82.8 cm³/mol. The van der Waals surface area contributed by atoms with Gasteiger partial charge in [0.25, 0.3) is 0 Å². The van der Waals surface area contributed by atoms with E-state index in [1.807, 2.05) is 36.0 Å². The highest BCUT2D eigenvalue weighted by atomic mass is 35.5. The molecule has 0 aliphatic rings. The summed E-state index contributed by atoms with van der Waals surface area (Å²) in [5.41, 5.74) is 3.97. The minimum atomic E-state index is 0.170. The molecule has 2 aromatic rings. The summed E-state index contributed by atoms with van der Waals surface area (Å²) < 4.78 is 2.02. The van der Waals surface area contributed by atoms with Crippen LogP contribution in [0.3, 0.4) is 0 Å². The van der Waals surface area contributed by atoms with Crippen molar-refractivity contribution in [3.05, 3.63) is 52.0 Å². The molecule has 0 bridgehead atoms. The van der Waals surface area contributed by atoms with E-state index in [0.29, 0.717) is 10.0 Å². The molecule has 0 radical (unpaired) electrons. The van der Waals surface area contributed by atoms with Crippen LogP contribution in [0.5, 0.6) is 0 Å². The second-order valence-corrected chi connectivity index (χ2v) is 5.62. The summed E-state index contributed by atoms with van der Waals surface area (Å²) in [5.74, 6) is 6.68. The number of nitrogens with one attached hydrogen (secondary N) is 1. The number of aromatic nitrogens is 2. The highest BCUT2D eigenvalue weighted by Crippen LogP contribution is 2.23. The molecular weight excluding hydrogens is 295 g/mol. The van der Waals surface area contributed by atoms with Crippen molar-refractivity contribution in [2.45, 2.75) is 25.3 Å². The summed E-state index contributed by atoms with van der Waals surface area (Å²) in [7, 11) is 1.99. The topological polar surface area (TPSA) is 55.9 Å². The Hall–Kier alpha value is -1.07. The average Bonchev–Trinajstić information content (AvgIpc) is 2.84. The summed E-state index contributed by atoms with van der Waals surface area (Å²) in [6.45, 7) is 0. The maximum absolute atomic E-state index is 6.02. The molecule has 4 nitrogen and oxygen atoms in total. The number of hydrazine groups is 1. The number of rotatable bonds is 6. The van der Waals surface area contributed by atoms with Gasteiger partial charge in [-0.25, -0.2) is 4.98 Å². The summed E-state index contributed by atoms with van der Waals surface area (Å²) in [5, 5.41) is 1.14. The zero-order valence-corrected chi connectivity index (χ0v) is 12.8. The van der Waals surface area contributed by atoms with Crippen molar-refractivity contribution in [2.24, 2.45) is 12.9 Å². The van der Waals surface area contributed by atoms with Gasteiger partial charge in [-0.05, 0) is 30.5 Å². The van der Waals surface area contributed by atoms with Gasteiger partial charge in [-0.1, -0.05) is 29.3 Å². The van der Waals surface area contributed by atoms with E-state index in [1.54, 1.807) is 6.20 Å². The van der Waals surface area contributed by atoms with Crippen molar-refractivity contribution >= 4 is 23.2 Å². The maximum atomic E-state index is 6.02. The summed E-state index contributed by atoms with van der Waals surface area (Å²) in [4.78, 5) is 4.31. The van der Waals surface area contributed by atoms with E-state index in [4.69, 9.17) is 29.0 Å². The van der Waals surface area contributed by atoms with Crippen LogP contribution in [0, 0.1) is 0 Å². The third kappa shape index (κ3) is 3.96. The fourth-order valence-electron chi connectivity index (χ4n) is 2.14. The number of nitrogens with two attached hydrogens (primary N) is 1. The van der Waals surface area contributed by atoms with E-state index >= 15 is 0 Å². The first-order chi connectivity index (χ1) is 9.60. The Labute approximate surface area is 128 Å². The molecule has 1 atom stereocenters. The maximum Gasteiger partial charge on any atom is 0.108 e. The second kappa shape index (κ2) is 7.09. The third-order valence-corrected chi connectivity index (χ3v) is 4.08. The standard InChI is InChI=1S/C14H18Cl2N4/c1-20-7-6-18-14(20)5-3-11(19-17)8-10-2-4-12(15)13(16)9-10/h2,4,6-7,9,11,19H,3,5,8,17H2,1H3. The molecular formula is C14H18Cl2N4. The molecule has 0 amide bonds. The van der Waals surface area contributed by atoms with Crippen molar-refractivity contribution in [1.29, 1.82) is 0 Å². The van der Waals surface area contributed by atoms with Crippen LogP contribution >= 0.6 is 23.2 Å². The molecule has 0 spiro atoms. The van der Waals surface area contributed by atoms with Crippen LogP contribution in [0.1, 0.15) is 17.8 Å². The molecule has 20 heavy (non-hydrogen) atoms. The van der Waals surface area contributed by atoms with Crippen LogP contribution in [0.4, 0.5) is 0 Å². The quantitative estimate of drug-likeness (QED) is 0.637. The Morgan fingerprint density at radius 2 is 2.15 bits per heavy atom. The van der Waals surface area contributed by atoms with Gasteiger partial charge in [0.15, 0.2) is 0 Å². The van der Waals surface area contributed by atoms with Gasteiger partial charge in [0, 0.05) is 31.9 Å². The molecule has 1 aromatic carbocycles. The Kier molecular flexibility index (Phi) is 5.43. The molecule has 6 heteroatoms. The van der Waals surface area contributed by atoms with Crippen molar-refractivity contribution in [1.82, 2.24) is 15.0 Å². The minimum Gasteiger partial charge on any atom is -0.338 e. The first kappa shape index (κ1) is 15.3. The largest absolute Gasteiger partial charge is 0.338 e. The van der Waals surface area contributed by atoms with E-state index in [9.17, 15) is 0 Å². The number of halogens is 2. The molecule has 2 rings (SSSR count). The molecule has 3 N–H and O–H groups in total. The third-order valence-electron chi connectivity index (χ3n) is 3.34. The Morgan fingerprint density at radius 3 is 2.75 bits per heavy atom. The van der Waals surface area contributed by atoms with E-state index < -0.39 is 0 Å². The fraction of sp³-hybridized carbons (Fsp3) is 0.357. The van der Waals surface area contributed by atoms with E-state index in [2.05, 4.69) is 10.4 Å². The number of aryl methyl sites for hydroxylation is 2. The summed E-state index contributed by atoms with van der Waals surface area (Å²) >= 11 is 11.9. The molecule has 0 saturated carbocycles. The first-order valence-electron chi connectivity index (χ1n) is 6.46.